The highest BCUT2D eigenvalue weighted by Crippen LogP contribution is 2.23. The van der Waals surface area contributed by atoms with Crippen molar-refractivity contribution in [3.8, 4) is 17.2 Å². The highest BCUT2D eigenvalue weighted by molar-refractivity contribution is 5.70. The monoisotopic (exact) mass is 305 g/mol. The third-order valence-corrected chi connectivity index (χ3v) is 4.63. The lowest BCUT2D eigenvalue weighted by Crippen LogP contribution is -2.45. The molecule has 2 aromatic carbocycles. The Hall–Kier alpha value is -2.15. The zero-order valence-corrected chi connectivity index (χ0v) is 13.7. The Balaban J connectivity index is 1.67. The van der Waals surface area contributed by atoms with Gasteiger partial charge in [0.1, 0.15) is 0 Å². The maximum absolute atomic E-state index is 9.23. The average molecular weight is 305 g/mol. The van der Waals surface area contributed by atoms with Crippen LogP contribution in [0.2, 0.25) is 0 Å². The van der Waals surface area contributed by atoms with Crippen molar-refractivity contribution in [2.45, 2.75) is 13.5 Å². The Labute approximate surface area is 138 Å². The fourth-order valence-electron chi connectivity index (χ4n) is 3.14. The number of nitrogens with zero attached hydrogens (tertiary/aromatic N) is 3. The van der Waals surface area contributed by atoms with Crippen LogP contribution in [0.4, 0.5) is 0 Å². The minimum Gasteiger partial charge on any atom is -0.301 e. The van der Waals surface area contributed by atoms with Gasteiger partial charge in [-0.05, 0) is 29.3 Å². The van der Waals surface area contributed by atoms with E-state index in [9.17, 15) is 5.26 Å². The number of rotatable bonds is 4. The van der Waals surface area contributed by atoms with Gasteiger partial charge in [-0.1, -0.05) is 49.4 Å². The van der Waals surface area contributed by atoms with Crippen LogP contribution in [0.15, 0.2) is 48.5 Å². The zero-order chi connectivity index (χ0) is 16.1. The molecule has 0 saturated carbocycles. The summed E-state index contributed by atoms with van der Waals surface area (Å²) >= 11 is 0. The van der Waals surface area contributed by atoms with Gasteiger partial charge in [-0.15, -0.1) is 0 Å². The SMILES string of the molecule is CCN1CCN(Cc2ccc(-c3ccccc3C#N)cc2)CC1. The molecule has 0 radical (unpaired) electrons. The molecule has 3 rings (SSSR count). The van der Waals surface area contributed by atoms with Crippen LogP contribution in [0, 0.1) is 11.3 Å². The topological polar surface area (TPSA) is 30.3 Å². The van der Waals surface area contributed by atoms with Gasteiger partial charge < -0.3 is 4.90 Å². The van der Waals surface area contributed by atoms with E-state index >= 15 is 0 Å². The molecule has 1 fully saturated rings. The molecule has 0 amide bonds. The molecule has 3 heteroatoms. The van der Waals surface area contributed by atoms with Gasteiger partial charge in [0.2, 0.25) is 0 Å². The summed E-state index contributed by atoms with van der Waals surface area (Å²) in [5, 5.41) is 9.23. The first-order chi connectivity index (χ1) is 11.3. The molecular formula is C20H23N3. The minimum atomic E-state index is 0.732. The molecule has 0 aliphatic carbocycles. The molecule has 1 aliphatic rings. The molecule has 1 heterocycles. The second-order valence-corrected chi connectivity index (χ2v) is 6.06. The summed E-state index contributed by atoms with van der Waals surface area (Å²) < 4.78 is 0. The summed E-state index contributed by atoms with van der Waals surface area (Å²) in [5.41, 5.74) is 4.20. The second-order valence-electron chi connectivity index (χ2n) is 6.06. The van der Waals surface area contributed by atoms with Crippen molar-refractivity contribution < 1.29 is 0 Å². The van der Waals surface area contributed by atoms with E-state index in [4.69, 9.17) is 0 Å². The Kier molecular flexibility index (Phi) is 5.07. The fraction of sp³-hybridized carbons (Fsp3) is 0.350. The van der Waals surface area contributed by atoms with Crippen molar-refractivity contribution in [3.05, 3.63) is 59.7 Å². The van der Waals surface area contributed by atoms with Crippen molar-refractivity contribution >= 4 is 0 Å². The molecule has 118 valence electrons. The van der Waals surface area contributed by atoms with Crippen LogP contribution in [0.5, 0.6) is 0 Å². The number of hydrogen-bond acceptors (Lipinski definition) is 3. The van der Waals surface area contributed by atoms with Gasteiger partial charge in [0.05, 0.1) is 11.6 Å². The number of nitriles is 1. The van der Waals surface area contributed by atoms with Gasteiger partial charge in [0, 0.05) is 32.7 Å². The Bertz CT molecular complexity index is 677. The average Bonchev–Trinajstić information content (AvgIpc) is 2.63. The van der Waals surface area contributed by atoms with Gasteiger partial charge in [0.15, 0.2) is 0 Å². The van der Waals surface area contributed by atoms with Gasteiger partial charge in [0.25, 0.3) is 0 Å². The molecule has 0 atom stereocenters. The highest BCUT2D eigenvalue weighted by Gasteiger charge is 2.15. The predicted octanol–water partition coefficient (Wildman–Crippen LogP) is 3.36. The maximum atomic E-state index is 9.23. The third kappa shape index (κ3) is 3.79. The van der Waals surface area contributed by atoms with Crippen molar-refractivity contribution in [3.63, 3.8) is 0 Å². The van der Waals surface area contributed by atoms with Crippen LogP contribution >= 0.6 is 0 Å². The number of benzene rings is 2. The first-order valence-electron chi connectivity index (χ1n) is 8.33. The highest BCUT2D eigenvalue weighted by atomic mass is 15.3. The first-order valence-corrected chi connectivity index (χ1v) is 8.33. The van der Waals surface area contributed by atoms with Crippen LogP contribution < -0.4 is 0 Å². The lowest BCUT2D eigenvalue weighted by Gasteiger charge is -2.34. The summed E-state index contributed by atoms with van der Waals surface area (Å²) in [6, 6.07) is 18.7. The smallest absolute Gasteiger partial charge is 0.0998 e. The zero-order valence-electron chi connectivity index (χ0n) is 13.7. The molecule has 2 aromatic rings. The fourth-order valence-corrected chi connectivity index (χ4v) is 3.14. The molecule has 3 nitrogen and oxygen atoms in total. The van der Waals surface area contributed by atoms with Crippen molar-refractivity contribution in [1.29, 1.82) is 5.26 Å². The summed E-state index contributed by atoms with van der Waals surface area (Å²) in [4.78, 5) is 5.02. The standard InChI is InChI=1S/C20H23N3/c1-2-22-11-13-23(14-12-22)16-17-7-9-18(10-8-17)20-6-4-3-5-19(20)15-21/h3-10H,2,11-14,16H2,1H3. The van der Waals surface area contributed by atoms with E-state index in [1.807, 2.05) is 24.3 Å². The van der Waals surface area contributed by atoms with Crippen molar-refractivity contribution in [1.82, 2.24) is 9.80 Å². The van der Waals surface area contributed by atoms with Gasteiger partial charge in [-0.25, -0.2) is 0 Å². The molecule has 0 aromatic heterocycles. The molecular weight excluding hydrogens is 282 g/mol. The maximum Gasteiger partial charge on any atom is 0.0998 e. The molecule has 1 saturated heterocycles. The molecule has 0 bridgehead atoms. The van der Waals surface area contributed by atoms with E-state index < -0.39 is 0 Å². The van der Waals surface area contributed by atoms with E-state index in [1.165, 1.54) is 18.7 Å². The summed E-state index contributed by atoms with van der Waals surface area (Å²) in [6.45, 7) is 9.03. The number of hydrogen-bond donors (Lipinski definition) is 0. The van der Waals surface area contributed by atoms with Crippen molar-refractivity contribution in [2.24, 2.45) is 0 Å². The lowest BCUT2D eigenvalue weighted by atomic mass is 9.99. The minimum absolute atomic E-state index is 0.732. The van der Waals surface area contributed by atoms with Gasteiger partial charge in [-0.2, -0.15) is 5.26 Å². The second kappa shape index (κ2) is 7.41. The van der Waals surface area contributed by atoms with Crippen LogP contribution in [0.25, 0.3) is 11.1 Å². The van der Waals surface area contributed by atoms with E-state index in [2.05, 4.69) is 47.1 Å². The first kappa shape index (κ1) is 15.7. The van der Waals surface area contributed by atoms with Crippen LogP contribution in [0.3, 0.4) is 0 Å². The quantitative estimate of drug-likeness (QED) is 0.867. The predicted molar refractivity (Wildman–Crippen MR) is 94.0 cm³/mol. The van der Waals surface area contributed by atoms with Gasteiger partial charge >= 0.3 is 0 Å². The number of piperazine rings is 1. The lowest BCUT2D eigenvalue weighted by molar-refractivity contribution is 0.132. The Morgan fingerprint density at radius 3 is 2.22 bits per heavy atom. The Morgan fingerprint density at radius 2 is 1.57 bits per heavy atom. The third-order valence-electron chi connectivity index (χ3n) is 4.63. The molecule has 1 aliphatic heterocycles. The van der Waals surface area contributed by atoms with Crippen LogP contribution in [-0.2, 0) is 6.54 Å². The van der Waals surface area contributed by atoms with Crippen LogP contribution in [0.1, 0.15) is 18.1 Å². The van der Waals surface area contributed by atoms with E-state index in [0.717, 1.165) is 42.9 Å². The molecule has 0 N–H and O–H groups in total. The summed E-state index contributed by atoms with van der Waals surface area (Å²) in [6.07, 6.45) is 0. The van der Waals surface area contributed by atoms with E-state index in [0.29, 0.717) is 0 Å². The molecule has 0 unspecified atom stereocenters. The number of likely N-dealkylation sites (N-methyl/N-ethyl adjacent to an activating group) is 1. The summed E-state index contributed by atoms with van der Waals surface area (Å²) in [7, 11) is 0. The summed E-state index contributed by atoms with van der Waals surface area (Å²) in [5.74, 6) is 0. The van der Waals surface area contributed by atoms with E-state index in [1.54, 1.807) is 0 Å². The molecule has 23 heavy (non-hydrogen) atoms. The normalized spacial score (nSPS) is 16.2. The largest absolute Gasteiger partial charge is 0.301 e. The van der Waals surface area contributed by atoms with Gasteiger partial charge in [-0.3, -0.25) is 4.90 Å². The van der Waals surface area contributed by atoms with Crippen LogP contribution in [-0.4, -0.2) is 42.5 Å². The molecule has 0 spiro atoms. The van der Waals surface area contributed by atoms with E-state index in [-0.39, 0.29) is 0 Å². The Morgan fingerprint density at radius 1 is 0.913 bits per heavy atom. The van der Waals surface area contributed by atoms with Crippen molar-refractivity contribution in [2.75, 3.05) is 32.7 Å².